The lowest BCUT2D eigenvalue weighted by Gasteiger charge is -2.18. The Kier molecular flexibility index (Phi) is 4.65. The average Bonchev–Trinajstić information content (AvgIpc) is 3.16. The second-order valence-corrected chi connectivity index (χ2v) is 5.65. The number of methoxy groups -OCH3 is 1. The van der Waals surface area contributed by atoms with Crippen LogP contribution in [-0.4, -0.2) is 19.0 Å². The van der Waals surface area contributed by atoms with Gasteiger partial charge in [-0.2, -0.15) is 0 Å². The zero-order chi connectivity index (χ0) is 14.7. The number of hydrogen-bond donors (Lipinski definition) is 1. The predicted octanol–water partition coefficient (Wildman–Crippen LogP) is 2.72. The fraction of sp³-hybridized carbons (Fsp3) is 0.467. The maximum absolute atomic E-state index is 12.0. The molecule has 0 saturated heterocycles. The summed E-state index contributed by atoms with van der Waals surface area (Å²) >= 11 is 5.86. The van der Waals surface area contributed by atoms with E-state index in [-0.39, 0.29) is 30.3 Å². The summed E-state index contributed by atoms with van der Waals surface area (Å²) in [5.41, 5.74) is 0.849. The molecule has 0 aromatic heterocycles. The Morgan fingerprint density at radius 1 is 1.40 bits per heavy atom. The first-order chi connectivity index (χ1) is 9.51. The van der Waals surface area contributed by atoms with Gasteiger partial charge in [0, 0.05) is 10.9 Å². The summed E-state index contributed by atoms with van der Waals surface area (Å²) in [6.45, 7) is 2.04. The number of carbonyl (C=O) groups excluding carboxylic acids is 2. The van der Waals surface area contributed by atoms with Gasteiger partial charge in [0.2, 0.25) is 5.91 Å². The molecule has 108 valence electrons. The Bertz CT molecular complexity index is 500. The van der Waals surface area contributed by atoms with E-state index in [1.165, 1.54) is 7.11 Å². The highest BCUT2D eigenvalue weighted by Gasteiger charge is 2.40. The molecular formula is C15H18ClNO3. The fourth-order valence-corrected chi connectivity index (χ4v) is 2.29. The Hall–Kier alpha value is -1.55. The van der Waals surface area contributed by atoms with Gasteiger partial charge in [-0.25, -0.2) is 0 Å². The number of esters is 1. The number of halogens is 1. The molecule has 0 heterocycles. The van der Waals surface area contributed by atoms with E-state index in [4.69, 9.17) is 11.6 Å². The van der Waals surface area contributed by atoms with E-state index >= 15 is 0 Å². The number of amides is 1. The van der Waals surface area contributed by atoms with Crippen molar-refractivity contribution in [3.63, 3.8) is 0 Å². The first-order valence-electron chi connectivity index (χ1n) is 6.64. The number of ether oxygens (including phenoxy) is 1. The SMILES string of the molecule is COC(=O)C[C@H](NC(=O)[C@@H]1C[C@H]1C)c1ccc(Cl)cc1. The number of nitrogens with one attached hydrogen (secondary N) is 1. The summed E-state index contributed by atoms with van der Waals surface area (Å²) in [7, 11) is 1.34. The minimum atomic E-state index is -0.375. The second kappa shape index (κ2) is 6.27. The van der Waals surface area contributed by atoms with E-state index in [0.717, 1.165) is 12.0 Å². The van der Waals surface area contributed by atoms with Gasteiger partial charge in [0.25, 0.3) is 0 Å². The third-order valence-electron chi connectivity index (χ3n) is 3.63. The van der Waals surface area contributed by atoms with Crippen LogP contribution in [0.5, 0.6) is 0 Å². The molecule has 1 aliphatic carbocycles. The second-order valence-electron chi connectivity index (χ2n) is 5.21. The van der Waals surface area contributed by atoms with Crippen LogP contribution in [0.1, 0.15) is 31.4 Å². The van der Waals surface area contributed by atoms with Crippen molar-refractivity contribution in [2.45, 2.75) is 25.8 Å². The quantitative estimate of drug-likeness (QED) is 0.850. The molecule has 1 saturated carbocycles. The molecule has 1 aromatic carbocycles. The Morgan fingerprint density at radius 3 is 2.50 bits per heavy atom. The predicted molar refractivity (Wildman–Crippen MR) is 76.2 cm³/mol. The first kappa shape index (κ1) is 14.9. The number of benzene rings is 1. The van der Waals surface area contributed by atoms with Gasteiger partial charge in [0.05, 0.1) is 19.6 Å². The van der Waals surface area contributed by atoms with Crippen LogP contribution in [0.4, 0.5) is 0 Å². The standard InChI is InChI=1S/C15H18ClNO3/c1-9-7-12(9)15(19)17-13(8-14(18)20-2)10-3-5-11(16)6-4-10/h3-6,9,12-13H,7-8H2,1-2H3,(H,17,19)/t9-,12-,13+/m1/s1. The summed E-state index contributed by atoms with van der Waals surface area (Å²) < 4.78 is 4.69. The van der Waals surface area contributed by atoms with Gasteiger partial charge in [0.15, 0.2) is 0 Å². The molecule has 1 N–H and O–H groups in total. The molecule has 3 atom stereocenters. The van der Waals surface area contributed by atoms with Crippen LogP contribution >= 0.6 is 11.6 Å². The average molecular weight is 296 g/mol. The lowest BCUT2D eigenvalue weighted by atomic mass is 10.0. The third-order valence-corrected chi connectivity index (χ3v) is 3.89. The van der Waals surface area contributed by atoms with Crippen molar-refractivity contribution >= 4 is 23.5 Å². The van der Waals surface area contributed by atoms with E-state index in [1.54, 1.807) is 12.1 Å². The minimum absolute atomic E-state index is 0.00125. The molecule has 2 rings (SSSR count). The molecule has 0 aliphatic heterocycles. The lowest BCUT2D eigenvalue weighted by molar-refractivity contribution is -0.141. The van der Waals surface area contributed by atoms with Gasteiger partial charge in [0.1, 0.15) is 0 Å². The smallest absolute Gasteiger partial charge is 0.307 e. The highest BCUT2D eigenvalue weighted by molar-refractivity contribution is 6.30. The van der Waals surface area contributed by atoms with Crippen molar-refractivity contribution in [2.75, 3.05) is 7.11 Å². The van der Waals surface area contributed by atoms with Crippen LogP contribution in [0.15, 0.2) is 24.3 Å². The Balaban J connectivity index is 2.09. The molecule has 1 amide bonds. The fourth-order valence-electron chi connectivity index (χ4n) is 2.16. The van der Waals surface area contributed by atoms with E-state index in [9.17, 15) is 9.59 Å². The van der Waals surface area contributed by atoms with Crippen molar-refractivity contribution in [3.8, 4) is 0 Å². The summed E-state index contributed by atoms with van der Waals surface area (Å²) in [6.07, 6.45) is 1.03. The molecule has 1 aromatic rings. The molecule has 1 fully saturated rings. The highest BCUT2D eigenvalue weighted by Crippen LogP contribution is 2.38. The summed E-state index contributed by atoms with van der Waals surface area (Å²) in [5.74, 6) is 0.150. The lowest BCUT2D eigenvalue weighted by Crippen LogP contribution is -2.31. The first-order valence-corrected chi connectivity index (χ1v) is 7.01. The van der Waals surface area contributed by atoms with Crippen LogP contribution < -0.4 is 5.32 Å². The van der Waals surface area contributed by atoms with Crippen molar-refractivity contribution in [1.29, 1.82) is 0 Å². The monoisotopic (exact) mass is 295 g/mol. The Labute approximate surface area is 123 Å². The minimum Gasteiger partial charge on any atom is -0.469 e. The number of carbonyl (C=O) groups is 2. The van der Waals surface area contributed by atoms with Gasteiger partial charge < -0.3 is 10.1 Å². The van der Waals surface area contributed by atoms with E-state index in [1.807, 2.05) is 19.1 Å². The highest BCUT2D eigenvalue weighted by atomic mass is 35.5. The molecule has 0 radical (unpaired) electrons. The topological polar surface area (TPSA) is 55.4 Å². The number of hydrogen-bond acceptors (Lipinski definition) is 3. The largest absolute Gasteiger partial charge is 0.469 e. The van der Waals surface area contributed by atoms with Crippen LogP contribution in [0.3, 0.4) is 0 Å². The normalized spacial score (nSPS) is 21.9. The molecule has 1 aliphatic rings. The van der Waals surface area contributed by atoms with Crippen molar-refractivity contribution in [1.82, 2.24) is 5.32 Å². The maximum Gasteiger partial charge on any atom is 0.307 e. The number of rotatable bonds is 5. The zero-order valence-corrected chi connectivity index (χ0v) is 12.3. The molecular weight excluding hydrogens is 278 g/mol. The van der Waals surface area contributed by atoms with Crippen molar-refractivity contribution < 1.29 is 14.3 Å². The molecule has 4 nitrogen and oxygen atoms in total. The molecule has 5 heteroatoms. The maximum atomic E-state index is 12.0. The van der Waals surface area contributed by atoms with Gasteiger partial charge in [-0.05, 0) is 30.0 Å². The summed E-state index contributed by atoms with van der Waals surface area (Å²) in [6, 6.07) is 6.74. The van der Waals surface area contributed by atoms with Gasteiger partial charge >= 0.3 is 5.97 Å². The zero-order valence-electron chi connectivity index (χ0n) is 11.6. The van der Waals surface area contributed by atoms with Crippen molar-refractivity contribution in [2.24, 2.45) is 11.8 Å². The molecule has 0 bridgehead atoms. The van der Waals surface area contributed by atoms with Crippen LogP contribution in [0, 0.1) is 11.8 Å². The van der Waals surface area contributed by atoms with Crippen molar-refractivity contribution in [3.05, 3.63) is 34.9 Å². The summed E-state index contributed by atoms with van der Waals surface area (Å²) in [5, 5.41) is 3.55. The Morgan fingerprint density at radius 2 is 2.00 bits per heavy atom. The van der Waals surface area contributed by atoms with Crippen LogP contribution in [0.2, 0.25) is 5.02 Å². The molecule has 0 unspecified atom stereocenters. The molecule has 0 spiro atoms. The van der Waals surface area contributed by atoms with Gasteiger partial charge in [-0.15, -0.1) is 0 Å². The van der Waals surface area contributed by atoms with E-state index in [2.05, 4.69) is 10.1 Å². The van der Waals surface area contributed by atoms with E-state index in [0.29, 0.717) is 10.9 Å². The van der Waals surface area contributed by atoms with Crippen LogP contribution in [0.25, 0.3) is 0 Å². The van der Waals surface area contributed by atoms with E-state index < -0.39 is 0 Å². The van der Waals surface area contributed by atoms with Gasteiger partial charge in [-0.3, -0.25) is 9.59 Å². The summed E-state index contributed by atoms with van der Waals surface area (Å²) in [4.78, 5) is 23.5. The van der Waals surface area contributed by atoms with Crippen LogP contribution in [-0.2, 0) is 14.3 Å². The molecule has 20 heavy (non-hydrogen) atoms. The third kappa shape index (κ3) is 3.73. The van der Waals surface area contributed by atoms with Gasteiger partial charge in [-0.1, -0.05) is 30.7 Å².